The summed E-state index contributed by atoms with van der Waals surface area (Å²) in [6.07, 6.45) is 1.73. The molecular formula is C20H16N2O5S2. The zero-order chi connectivity index (χ0) is 21.1. The number of aromatic carboxylic acids is 1. The molecule has 148 valence electrons. The van der Waals surface area contributed by atoms with Gasteiger partial charge in [0.1, 0.15) is 22.2 Å². The Morgan fingerprint density at radius 2 is 2.00 bits per heavy atom. The van der Waals surface area contributed by atoms with Crippen LogP contribution in [-0.4, -0.2) is 43.8 Å². The van der Waals surface area contributed by atoms with E-state index in [-0.39, 0.29) is 28.0 Å². The molecule has 1 saturated heterocycles. The Morgan fingerprint density at radius 1 is 1.24 bits per heavy atom. The molecule has 0 unspecified atom stereocenters. The van der Waals surface area contributed by atoms with Gasteiger partial charge >= 0.3 is 5.97 Å². The topological polar surface area (TPSA) is 107 Å². The van der Waals surface area contributed by atoms with E-state index in [0.717, 1.165) is 29.0 Å². The highest BCUT2D eigenvalue weighted by Crippen LogP contribution is 2.32. The van der Waals surface area contributed by atoms with Crippen molar-refractivity contribution >= 4 is 57.8 Å². The van der Waals surface area contributed by atoms with Gasteiger partial charge in [-0.15, -0.1) is 0 Å². The van der Waals surface area contributed by atoms with Crippen molar-refractivity contribution in [3.63, 3.8) is 0 Å². The highest BCUT2D eigenvalue weighted by molar-refractivity contribution is 8.26. The Labute approximate surface area is 176 Å². The number of nitrogens with one attached hydrogen (secondary N) is 1. The number of hydrogen-bond donors (Lipinski definition) is 3. The number of hydrogen-bond acceptors (Lipinski definition) is 6. The van der Waals surface area contributed by atoms with Gasteiger partial charge in [-0.2, -0.15) is 0 Å². The van der Waals surface area contributed by atoms with Gasteiger partial charge in [0.25, 0.3) is 5.91 Å². The second-order valence-corrected chi connectivity index (χ2v) is 7.94. The summed E-state index contributed by atoms with van der Waals surface area (Å²) in [6.45, 7) is 1.66. The van der Waals surface area contributed by atoms with E-state index in [1.54, 1.807) is 6.08 Å². The van der Waals surface area contributed by atoms with Gasteiger partial charge in [0.15, 0.2) is 0 Å². The lowest BCUT2D eigenvalue weighted by molar-refractivity contribution is -0.126. The average molecular weight is 428 g/mol. The number of anilines is 1. The fourth-order valence-electron chi connectivity index (χ4n) is 2.68. The zero-order valence-electron chi connectivity index (χ0n) is 15.2. The van der Waals surface area contributed by atoms with Gasteiger partial charge in [-0.1, -0.05) is 53.8 Å². The first-order chi connectivity index (χ1) is 13.7. The van der Waals surface area contributed by atoms with E-state index in [0.29, 0.717) is 4.91 Å². The molecule has 9 heteroatoms. The molecule has 1 aliphatic rings. The minimum Gasteiger partial charge on any atom is -0.507 e. The normalized spacial score (nSPS) is 15.1. The molecule has 0 radical (unpaired) electrons. The minimum absolute atomic E-state index is 0.207. The van der Waals surface area contributed by atoms with Crippen LogP contribution in [0.2, 0.25) is 0 Å². The van der Waals surface area contributed by atoms with Crippen molar-refractivity contribution in [2.75, 3.05) is 11.9 Å². The molecule has 2 aromatic rings. The van der Waals surface area contributed by atoms with Crippen LogP contribution in [0.25, 0.3) is 6.08 Å². The van der Waals surface area contributed by atoms with Crippen LogP contribution in [0, 0.1) is 6.92 Å². The first kappa shape index (κ1) is 20.6. The van der Waals surface area contributed by atoms with Gasteiger partial charge in [-0.05, 0) is 30.7 Å². The summed E-state index contributed by atoms with van der Waals surface area (Å²) in [6, 6.07) is 11.3. The predicted molar refractivity (Wildman–Crippen MR) is 115 cm³/mol. The molecule has 0 aromatic heterocycles. The van der Waals surface area contributed by atoms with Crippen LogP contribution in [0.3, 0.4) is 0 Å². The zero-order valence-corrected chi connectivity index (χ0v) is 16.8. The third-order valence-corrected chi connectivity index (χ3v) is 5.40. The van der Waals surface area contributed by atoms with Crippen LogP contribution in [0.4, 0.5) is 5.69 Å². The Bertz CT molecular complexity index is 1060. The van der Waals surface area contributed by atoms with Gasteiger partial charge in [0.2, 0.25) is 5.91 Å². The quantitative estimate of drug-likeness (QED) is 0.496. The van der Waals surface area contributed by atoms with Gasteiger partial charge in [0.05, 0.1) is 4.91 Å². The number of carbonyl (C=O) groups is 3. The number of carbonyl (C=O) groups excluding carboxylic acids is 2. The average Bonchev–Trinajstić information content (AvgIpc) is 2.89. The molecule has 1 aliphatic heterocycles. The lowest BCUT2D eigenvalue weighted by Crippen LogP contribution is -2.36. The Balaban J connectivity index is 1.69. The van der Waals surface area contributed by atoms with E-state index in [1.807, 2.05) is 31.2 Å². The highest BCUT2D eigenvalue weighted by atomic mass is 32.2. The number of carboxylic acids is 1. The van der Waals surface area contributed by atoms with Crippen LogP contribution in [0.1, 0.15) is 21.5 Å². The number of thiocarbonyl (C=S) groups is 1. The van der Waals surface area contributed by atoms with Gasteiger partial charge in [-0.25, -0.2) is 4.79 Å². The summed E-state index contributed by atoms with van der Waals surface area (Å²) < 4.78 is 0.271. The molecule has 2 amide bonds. The second-order valence-electron chi connectivity index (χ2n) is 6.27. The molecule has 0 atom stereocenters. The molecule has 29 heavy (non-hydrogen) atoms. The van der Waals surface area contributed by atoms with E-state index in [9.17, 15) is 19.5 Å². The number of carboxylic acid groups (broad SMARTS) is 1. The molecule has 0 saturated carbocycles. The van der Waals surface area contributed by atoms with Crippen LogP contribution < -0.4 is 5.32 Å². The Kier molecular flexibility index (Phi) is 6.00. The van der Waals surface area contributed by atoms with Crippen LogP contribution in [0.15, 0.2) is 47.4 Å². The number of aryl methyl sites for hydroxylation is 1. The molecule has 1 fully saturated rings. The molecule has 0 aliphatic carbocycles. The molecule has 2 aromatic carbocycles. The monoisotopic (exact) mass is 428 g/mol. The number of rotatable bonds is 5. The molecular weight excluding hydrogens is 412 g/mol. The number of nitrogens with zero attached hydrogens (tertiary/aromatic N) is 1. The van der Waals surface area contributed by atoms with Crippen molar-refractivity contribution in [1.82, 2.24) is 4.90 Å². The summed E-state index contributed by atoms with van der Waals surface area (Å²) in [5, 5.41) is 21.1. The first-order valence-corrected chi connectivity index (χ1v) is 9.65. The van der Waals surface area contributed by atoms with Gasteiger partial charge < -0.3 is 15.5 Å². The molecule has 0 spiro atoms. The lowest BCUT2D eigenvalue weighted by atomic mass is 10.1. The number of amides is 2. The third kappa shape index (κ3) is 4.82. The Morgan fingerprint density at radius 3 is 2.66 bits per heavy atom. The van der Waals surface area contributed by atoms with Crippen molar-refractivity contribution in [1.29, 1.82) is 0 Å². The van der Waals surface area contributed by atoms with Crippen molar-refractivity contribution in [2.45, 2.75) is 6.92 Å². The predicted octanol–water partition coefficient (Wildman–Crippen LogP) is 3.24. The molecule has 3 N–H and O–H groups in total. The maximum atomic E-state index is 12.6. The molecule has 1 heterocycles. The first-order valence-electron chi connectivity index (χ1n) is 8.43. The largest absolute Gasteiger partial charge is 0.507 e. The number of aromatic hydroxyl groups is 1. The maximum absolute atomic E-state index is 12.6. The fourth-order valence-corrected chi connectivity index (χ4v) is 3.94. The molecule has 0 bridgehead atoms. The summed E-state index contributed by atoms with van der Waals surface area (Å²) in [4.78, 5) is 37.5. The van der Waals surface area contributed by atoms with Crippen molar-refractivity contribution in [3.05, 3.63) is 64.1 Å². The summed E-state index contributed by atoms with van der Waals surface area (Å²) in [5.41, 5.74) is 1.86. The maximum Gasteiger partial charge on any atom is 0.339 e. The summed E-state index contributed by atoms with van der Waals surface area (Å²) in [5.74, 6) is -2.64. The van der Waals surface area contributed by atoms with E-state index < -0.39 is 17.6 Å². The van der Waals surface area contributed by atoms with Crippen molar-refractivity contribution in [2.24, 2.45) is 0 Å². The SMILES string of the molecule is Cc1cccc(/C=C2\SC(=S)N(CC(=O)Nc3ccc(C(=O)O)c(O)c3)C2=O)c1. The van der Waals surface area contributed by atoms with E-state index >= 15 is 0 Å². The van der Waals surface area contributed by atoms with E-state index in [4.69, 9.17) is 17.3 Å². The van der Waals surface area contributed by atoms with E-state index in [1.165, 1.54) is 17.0 Å². The number of phenols is 1. The Hall–Kier alpha value is -3.17. The smallest absolute Gasteiger partial charge is 0.339 e. The van der Waals surface area contributed by atoms with Gasteiger partial charge in [0, 0.05) is 11.8 Å². The summed E-state index contributed by atoms with van der Waals surface area (Å²) >= 11 is 6.35. The molecule has 7 nitrogen and oxygen atoms in total. The number of thioether (sulfide) groups is 1. The lowest BCUT2D eigenvalue weighted by Gasteiger charge is -2.14. The molecule has 3 rings (SSSR count). The summed E-state index contributed by atoms with van der Waals surface area (Å²) in [7, 11) is 0. The van der Waals surface area contributed by atoms with Crippen LogP contribution in [-0.2, 0) is 9.59 Å². The van der Waals surface area contributed by atoms with Crippen LogP contribution >= 0.6 is 24.0 Å². The van der Waals surface area contributed by atoms with Crippen molar-refractivity contribution in [3.8, 4) is 5.75 Å². The fraction of sp³-hybridized carbons (Fsp3) is 0.100. The van der Waals surface area contributed by atoms with Crippen molar-refractivity contribution < 1.29 is 24.6 Å². The minimum atomic E-state index is -1.28. The third-order valence-electron chi connectivity index (χ3n) is 4.03. The number of benzene rings is 2. The van der Waals surface area contributed by atoms with Crippen LogP contribution in [0.5, 0.6) is 5.75 Å². The van der Waals surface area contributed by atoms with E-state index in [2.05, 4.69) is 5.32 Å². The second kappa shape index (κ2) is 8.46. The van der Waals surface area contributed by atoms with Gasteiger partial charge in [-0.3, -0.25) is 14.5 Å². The highest BCUT2D eigenvalue weighted by Gasteiger charge is 2.33. The standard InChI is InChI=1S/C20H16N2O5S2/c1-11-3-2-4-12(7-11)8-16-18(25)22(20(28)29-16)10-17(24)21-13-5-6-14(19(26)27)15(23)9-13/h2-9,23H,10H2,1H3,(H,21,24)(H,26,27)/b16-8-.